The van der Waals surface area contributed by atoms with E-state index in [9.17, 15) is 4.39 Å². The van der Waals surface area contributed by atoms with Crippen molar-refractivity contribution in [3.8, 4) is 5.75 Å². The van der Waals surface area contributed by atoms with Crippen molar-refractivity contribution in [2.24, 2.45) is 5.73 Å². The van der Waals surface area contributed by atoms with E-state index in [0.717, 1.165) is 5.56 Å². The number of halogens is 2. The topological polar surface area (TPSA) is 35.2 Å². The maximum absolute atomic E-state index is 13.3. The molecule has 0 unspecified atom stereocenters. The maximum atomic E-state index is 13.3. The summed E-state index contributed by atoms with van der Waals surface area (Å²) in [6, 6.07) is 12.1. The van der Waals surface area contributed by atoms with Crippen LogP contribution < -0.4 is 10.5 Å². The van der Waals surface area contributed by atoms with Crippen molar-refractivity contribution in [1.82, 2.24) is 0 Å². The first-order valence-corrected chi connectivity index (χ1v) is 6.37. The number of nitrogens with two attached hydrogens (primary N) is 1. The van der Waals surface area contributed by atoms with Crippen molar-refractivity contribution in [2.45, 2.75) is 19.6 Å². The highest BCUT2D eigenvalue weighted by atomic mass is 35.5. The van der Waals surface area contributed by atoms with Crippen molar-refractivity contribution in [3.63, 3.8) is 0 Å². The molecular formula is C15H15ClFNO. The van der Waals surface area contributed by atoms with Gasteiger partial charge < -0.3 is 10.5 Å². The molecule has 2 aromatic rings. The number of hydrogen-bond acceptors (Lipinski definition) is 2. The van der Waals surface area contributed by atoms with Crippen LogP contribution in [0.25, 0.3) is 0 Å². The van der Waals surface area contributed by atoms with Crippen LogP contribution >= 0.6 is 11.6 Å². The first kappa shape index (κ1) is 13.8. The summed E-state index contributed by atoms with van der Waals surface area (Å²) in [5.74, 6) is 0.252. The summed E-state index contributed by atoms with van der Waals surface area (Å²) in [6.07, 6.45) is 0. The fourth-order valence-corrected chi connectivity index (χ4v) is 1.89. The van der Waals surface area contributed by atoms with E-state index in [4.69, 9.17) is 22.1 Å². The molecule has 1 atom stereocenters. The first-order valence-electron chi connectivity index (χ1n) is 5.99. The van der Waals surface area contributed by atoms with Gasteiger partial charge in [-0.2, -0.15) is 0 Å². The predicted molar refractivity (Wildman–Crippen MR) is 74.8 cm³/mol. The van der Waals surface area contributed by atoms with Gasteiger partial charge in [-0.1, -0.05) is 35.9 Å². The standard InChI is InChI=1S/C15H15ClFNO/c1-10(18)11-4-2-6-13(8-11)19-9-12-5-3-7-14(17)15(12)16/h2-8,10H,9,18H2,1H3/t10-/m0/s1. The van der Waals surface area contributed by atoms with Crippen LogP contribution in [-0.2, 0) is 6.61 Å². The molecule has 2 rings (SSSR count). The zero-order chi connectivity index (χ0) is 13.8. The van der Waals surface area contributed by atoms with E-state index in [1.807, 2.05) is 31.2 Å². The second kappa shape index (κ2) is 6.04. The molecule has 0 aromatic heterocycles. The van der Waals surface area contributed by atoms with Gasteiger partial charge in [-0.15, -0.1) is 0 Å². The van der Waals surface area contributed by atoms with E-state index in [1.165, 1.54) is 6.07 Å². The lowest BCUT2D eigenvalue weighted by Gasteiger charge is -2.11. The summed E-state index contributed by atoms with van der Waals surface area (Å²) in [5, 5.41) is 0.103. The Kier molecular flexibility index (Phi) is 4.40. The molecule has 19 heavy (non-hydrogen) atoms. The highest BCUT2D eigenvalue weighted by Gasteiger charge is 2.07. The minimum absolute atomic E-state index is 0.0543. The van der Waals surface area contributed by atoms with Crippen molar-refractivity contribution in [2.75, 3.05) is 0 Å². The summed E-state index contributed by atoms with van der Waals surface area (Å²) < 4.78 is 18.9. The van der Waals surface area contributed by atoms with Crippen LogP contribution in [-0.4, -0.2) is 0 Å². The van der Waals surface area contributed by atoms with Gasteiger partial charge in [0.1, 0.15) is 18.2 Å². The molecule has 0 bridgehead atoms. The molecule has 0 spiro atoms. The molecular weight excluding hydrogens is 265 g/mol. The van der Waals surface area contributed by atoms with Crippen LogP contribution in [0, 0.1) is 5.82 Å². The third-order valence-electron chi connectivity index (χ3n) is 2.81. The molecule has 0 saturated carbocycles. The molecule has 0 aliphatic carbocycles. The number of hydrogen-bond donors (Lipinski definition) is 1. The highest BCUT2D eigenvalue weighted by Crippen LogP contribution is 2.23. The summed E-state index contributed by atoms with van der Waals surface area (Å²) in [4.78, 5) is 0. The molecule has 0 heterocycles. The van der Waals surface area contributed by atoms with Crippen LogP contribution in [0.2, 0.25) is 5.02 Å². The van der Waals surface area contributed by atoms with Gasteiger partial charge in [0.15, 0.2) is 0 Å². The van der Waals surface area contributed by atoms with Crippen LogP contribution in [0.5, 0.6) is 5.75 Å². The fourth-order valence-electron chi connectivity index (χ4n) is 1.71. The van der Waals surface area contributed by atoms with Gasteiger partial charge in [-0.25, -0.2) is 4.39 Å². The quantitative estimate of drug-likeness (QED) is 0.915. The zero-order valence-electron chi connectivity index (χ0n) is 10.6. The van der Waals surface area contributed by atoms with Gasteiger partial charge in [0.05, 0.1) is 5.02 Å². The van der Waals surface area contributed by atoms with Gasteiger partial charge in [0.2, 0.25) is 0 Å². The molecule has 0 aliphatic rings. The van der Waals surface area contributed by atoms with Crippen LogP contribution in [0.4, 0.5) is 4.39 Å². The number of ether oxygens (including phenoxy) is 1. The van der Waals surface area contributed by atoms with E-state index < -0.39 is 5.82 Å². The van der Waals surface area contributed by atoms with Gasteiger partial charge >= 0.3 is 0 Å². The zero-order valence-corrected chi connectivity index (χ0v) is 11.3. The normalized spacial score (nSPS) is 12.2. The van der Waals surface area contributed by atoms with Gasteiger partial charge in [0.25, 0.3) is 0 Å². The lowest BCUT2D eigenvalue weighted by Crippen LogP contribution is -2.05. The lowest BCUT2D eigenvalue weighted by molar-refractivity contribution is 0.305. The summed E-state index contributed by atoms with van der Waals surface area (Å²) >= 11 is 5.87. The second-order valence-corrected chi connectivity index (χ2v) is 4.74. The van der Waals surface area contributed by atoms with Crippen molar-refractivity contribution in [1.29, 1.82) is 0 Å². The van der Waals surface area contributed by atoms with Gasteiger partial charge in [-0.05, 0) is 30.7 Å². The number of benzene rings is 2. The molecule has 0 radical (unpaired) electrons. The second-order valence-electron chi connectivity index (χ2n) is 4.36. The van der Waals surface area contributed by atoms with Crippen molar-refractivity contribution < 1.29 is 9.13 Å². The van der Waals surface area contributed by atoms with Crippen molar-refractivity contribution in [3.05, 3.63) is 64.4 Å². The molecule has 2 N–H and O–H groups in total. The Morgan fingerprint density at radius 1 is 1.26 bits per heavy atom. The Bertz CT molecular complexity index is 572. The maximum Gasteiger partial charge on any atom is 0.142 e. The fraction of sp³-hybridized carbons (Fsp3) is 0.200. The van der Waals surface area contributed by atoms with Crippen LogP contribution in [0.15, 0.2) is 42.5 Å². The summed E-state index contributed by atoms with van der Waals surface area (Å²) in [7, 11) is 0. The predicted octanol–water partition coefficient (Wildman–Crippen LogP) is 4.08. The van der Waals surface area contributed by atoms with Crippen molar-refractivity contribution >= 4 is 11.6 Å². The molecule has 0 amide bonds. The first-order chi connectivity index (χ1) is 9.08. The minimum atomic E-state index is -0.438. The number of rotatable bonds is 4. The SMILES string of the molecule is C[C@H](N)c1cccc(OCc2cccc(F)c2Cl)c1. The van der Waals surface area contributed by atoms with E-state index in [1.54, 1.807) is 12.1 Å². The third kappa shape index (κ3) is 3.46. The molecule has 0 saturated heterocycles. The van der Waals surface area contributed by atoms with E-state index in [0.29, 0.717) is 11.3 Å². The largest absolute Gasteiger partial charge is 0.489 e. The Morgan fingerprint density at radius 3 is 2.74 bits per heavy atom. The third-order valence-corrected chi connectivity index (χ3v) is 3.23. The Hall–Kier alpha value is -1.58. The van der Waals surface area contributed by atoms with E-state index in [2.05, 4.69) is 0 Å². The monoisotopic (exact) mass is 279 g/mol. The minimum Gasteiger partial charge on any atom is -0.489 e. The molecule has 2 nitrogen and oxygen atoms in total. The Balaban J connectivity index is 2.10. The van der Waals surface area contributed by atoms with Crippen LogP contribution in [0.3, 0.4) is 0 Å². The molecule has 0 fully saturated rings. The van der Waals surface area contributed by atoms with Crippen LogP contribution in [0.1, 0.15) is 24.1 Å². The summed E-state index contributed by atoms with van der Waals surface area (Å²) in [5.41, 5.74) is 7.41. The Labute approximate surface area is 117 Å². The van der Waals surface area contributed by atoms with Gasteiger partial charge in [0, 0.05) is 11.6 Å². The van der Waals surface area contributed by atoms with E-state index in [-0.39, 0.29) is 17.7 Å². The molecule has 4 heteroatoms. The van der Waals surface area contributed by atoms with Gasteiger partial charge in [-0.3, -0.25) is 0 Å². The highest BCUT2D eigenvalue weighted by molar-refractivity contribution is 6.31. The Morgan fingerprint density at radius 2 is 2.00 bits per heavy atom. The average Bonchev–Trinajstić information content (AvgIpc) is 2.41. The lowest BCUT2D eigenvalue weighted by atomic mass is 10.1. The van der Waals surface area contributed by atoms with E-state index >= 15 is 0 Å². The molecule has 2 aromatic carbocycles. The average molecular weight is 280 g/mol. The summed E-state index contributed by atoms with van der Waals surface area (Å²) in [6.45, 7) is 2.13. The molecule has 0 aliphatic heterocycles. The molecule has 100 valence electrons. The smallest absolute Gasteiger partial charge is 0.142 e.